The summed E-state index contributed by atoms with van der Waals surface area (Å²) in [4.78, 5) is 0. The third kappa shape index (κ3) is 3.33. The van der Waals surface area contributed by atoms with Crippen molar-refractivity contribution in [1.29, 1.82) is 0 Å². The number of benzene rings is 1. The molecular weight excluding hydrogens is 287 g/mol. The maximum atomic E-state index is 12.9. The van der Waals surface area contributed by atoms with Gasteiger partial charge in [0.2, 0.25) is 5.75 Å². The Morgan fingerprint density at radius 2 is 1.60 bits per heavy atom. The molecule has 7 heteroatoms. The molecule has 0 N–H and O–H groups in total. The van der Waals surface area contributed by atoms with Crippen molar-refractivity contribution in [3.63, 3.8) is 0 Å². The molecule has 15 heavy (non-hydrogen) atoms. The number of ether oxygens (including phenoxy) is 1. The van der Waals surface area contributed by atoms with Gasteiger partial charge < -0.3 is 4.74 Å². The van der Waals surface area contributed by atoms with Crippen molar-refractivity contribution in [1.82, 2.24) is 0 Å². The van der Waals surface area contributed by atoms with Crippen LogP contribution in [-0.4, -0.2) is 6.36 Å². The summed E-state index contributed by atoms with van der Waals surface area (Å²) >= 11 is 2.92. The van der Waals surface area contributed by atoms with Gasteiger partial charge in [0, 0.05) is 5.33 Å². The number of hydrogen-bond acceptors (Lipinski definition) is 1. The zero-order chi connectivity index (χ0) is 11.6. The van der Waals surface area contributed by atoms with Crippen LogP contribution in [0.5, 0.6) is 5.75 Å². The van der Waals surface area contributed by atoms with Crippen LogP contribution in [0.4, 0.5) is 22.0 Å². The van der Waals surface area contributed by atoms with Gasteiger partial charge in [-0.15, -0.1) is 13.2 Å². The van der Waals surface area contributed by atoms with Crippen LogP contribution in [0.2, 0.25) is 0 Å². The van der Waals surface area contributed by atoms with Crippen LogP contribution < -0.4 is 4.74 Å². The minimum absolute atomic E-state index is 0.132. The molecule has 0 spiro atoms. The predicted octanol–water partition coefficient (Wildman–Crippen LogP) is 3.76. The smallest absolute Gasteiger partial charge is 0.399 e. The third-order valence-electron chi connectivity index (χ3n) is 1.43. The first-order chi connectivity index (χ1) is 6.83. The van der Waals surface area contributed by atoms with E-state index in [-0.39, 0.29) is 10.9 Å². The molecule has 1 rings (SSSR count). The topological polar surface area (TPSA) is 9.23 Å². The molecule has 0 aliphatic rings. The van der Waals surface area contributed by atoms with Crippen LogP contribution in [0.1, 0.15) is 5.56 Å². The standard InChI is InChI=1S/C8H4BrF5O/c9-3-4-1-5(10)7(6(11)2-4)15-8(12,13)14/h1-2H,3H2. The van der Waals surface area contributed by atoms with E-state index in [4.69, 9.17) is 0 Å². The highest BCUT2D eigenvalue weighted by Gasteiger charge is 2.34. The monoisotopic (exact) mass is 290 g/mol. The van der Waals surface area contributed by atoms with Crippen molar-refractivity contribution in [2.75, 3.05) is 0 Å². The van der Waals surface area contributed by atoms with E-state index in [1.165, 1.54) is 0 Å². The van der Waals surface area contributed by atoms with E-state index in [9.17, 15) is 22.0 Å². The summed E-state index contributed by atoms with van der Waals surface area (Å²) in [7, 11) is 0. The highest BCUT2D eigenvalue weighted by molar-refractivity contribution is 9.08. The van der Waals surface area contributed by atoms with E-state index in [0.717, 1.165) is 12.1 Å². The first-order valence-electron chi connectivity index (χ1n) is 3.63. The molecule has 0 heterocycles. The molecule has 1 aromatic carbocycles. The summed E-state index contributed by atoms with van der Waals surface area (Å²) in [6.07, 6.45) is -5.11. The number of hydrogen-bond donors (Lipinski definition) is 0. The highest BCUT2D eigenvalue weighted by atomic mass is 79.9. The molecule has 0 unspecified atom stereocenters. The molecular formula is C8H4BrF5O. The van der Waals surface area contributed by atoms with Crippen LogP contribution in [0, 0.1) is 11.6 Å². The van der Waals surface area contributed by atoms with E-state index in [1.54, 1.807) is 0 Å². The highest BCUT2D eigenvalue weighted by Crippen LogP contribution is 2.29. The van der Waals surface area contributed by atoms with Gasteiger partial charge in [-0.25, -0.2) is 8.78 Å². The molecule has 0 radical (unpaired) electrons. The van der Waals surface area contributed by atoms with E-state index in [1.807, 2.05) is 0 Å². The summed E-state index contributed by atoms with van der Waals surface area (Å²) < 4.78 is 64.2. The van der Waals surface area contributed by atoms with Crippen LogP contribution in [0.25, 0.3) is 0 Å². The van der Waals surface area contributed by atoms with Crippen molar-refractivity contribution in [2.45, 2.75) is 11.7 Å². The fourth-order valence-electron chi connectivity index (χ4n) is 0.903. The molecule has 0 bridgehead atoms. The molecule has 0 saturated heterocycles. The van der Waals surface area contributed by atoms with Gasteiger partial charge >= 0.3 is 6.36 Å². The van der Waals surface area contributed by atoms with Crippen molar-refractivity contribution in [3.05, 3.63) is 29.3 Å². The van der Waals surface area contributed by atoms with Crippen molar-refractivity contribution in [3.8, 4) is 5.75 Å². The molecule has 0 aromatic heterocycles. The van der Waals surface area contributed by atoms with Crippen LogP contribution in [0.15, 0.2) is 12.1 Å². The van der Waals surface area contributed by atoms with Crippen LogP contribution >= 0.6 is 15.9 Å². The van der Waals surface area contributed by atoms with Crippen molar-refractivity contribution in [2.24, 2.45) is 0 Å². The van der Waals surface area contributed by atoms with Gasteiger partial charge in [-0.1, -0.05) is 15.9 Å². The summed E-state index contributed by atoms with van der Waals surface area (Å²) in [6.45, 7) is 0. The van der Waals surface area contributed by atoms with E-state index >= 15 is 0 Å². The first-order valence-corrected chi connectivity index (χ1v) is 4.75. The molecule has 0 saturated carbocycles. The second kappa shape index (κ2) is 4.34. The molecule has 0 aliphatic heterocycles. The van der Waals surface area contributed by atoms with Gasteiger partial charge in [0.25, 0.3) is 0 Å². The molecule has 0 amide bonds. The van der Waals surface area contributed by atoms with Gasteiger partial charge in [-0.2, -0.15) is 0 Å². The number of halogens is 6. The second-order valence-corrected chi connectivity index (χ2v) is 3.13. The Kier molecular flexibility index (Phi) is 3.54. The Hall–Kier alpha value is -0.850. The summed E-state index contributed by atoms with van der Waals surface area (Å²) in [6, 6.07) is 1.53. The third-order valence-corrected chi connectivity index (χ3v) is 2.08. The minimum Gasteiger partial charge on any atom is -0.399 e. The van der Waals surface area contributed by atoms with Gasteiger partial charge in [-0.05, 0) is 17.7 Å². The lowest BCUT2D eigenvalue weighted by Crippen LogP contribution is -2.19. The minimum atomic E-state index is -5.11. The summed E-state index contributed by atoms with van der Waals surface area (Å²) in [5, 5.41) is 0.132. The van der Waals surface area contributed by atoms with Crippen molar-refractivity contribution >= 4 is 15.9 Å². The number of alkyl halides is 4. The fourth-order valence-corrected chi connectivity index (χ4v) is 1.23. The largest absolute Gasteiger partial charge is 0.573 e. The van der Waals surface area contributed by atoms with Crippen LogP contribution in [-0.2, 0) is 5.33 Å². The van der Waals surface area contributed by atoms with Crippen LogP contribution in [0.3, 0.4) is 0 Å². The Bertz CT molecular complexity index is 340. The van der Waals surface area contributed by atoms with E-state index in [0.29, 0.717) is 0 Å². The van der Waals surface area contributed by atoms with Crippen molar-refractivity contribution < 1.29 is 26.7 Å². The molecule has 1 nitrogen and oxygen atoms in total. The zero-order valence-electron chi connectivity index (χ0n) is 7.04. The quantitative estimate of drug-likeness (QED) is 0.595. The maximum absolute atomic E-state index is 12.9. The van der Waals surface area contributed by atoms with E-state index in [2.05, 4.69) is 20.7 Å². The lowest BCUT2D eigenvalue weighted by Gasteiger charge is -2.11. The normalized spacial score (nSPS) is 11.6. The van der Waals surface area contributed by atoms with E-state index < -0.39 is 23.7 Å². The molecule has 84 valence electrons. The molecule has 0 fully saturated rings. The van der Waals surface area contributed by atoms with Gasteiger partial charge in [0.15, 0.2) is 11.6 Å². The zero-order valence-corrected chi connectivity index (χ0v) is 8.62. The Balaban J connectivity index is 3.09. The molecule has 1 aromatic rings. The first kappa shape index (κ1) is 12.2. The van der Waals surface area contributed by atoms with Gasteiger partial charge in [0.1, 0.15) is 0 Å². The number of rotatable bonds is 2. The Morgan fingerprint density at radius 3 is 1.93 bits per heavy atom. The predicted molar refractivity (Wildman–Crippen MR) is 45.7 cm³/mol. The molecule has 0 aliphatic carbocycles. The maximum Gasteiger partial charge on any atom is 0.573 e. The lowest BCUT2D eigenvalue weighted by atomic mass is 10.2. The second-order valence-electron chi connectivity index (χ2n) is 2.57. The molecule has 0 atom stereocenters. The summed E-state index contributed by atoms with van der Waals surface area (Å²) in [5.74, 6) is -4.21. The van der Waals surface area contributed by atoms with Gasteiger partial charge in [0.05, 0.1) is 0 Å². The Labute approximate surface area is 90.0 Å². The Morgan fingerprint density at radius 1 is 1.13 bits per heavy atom. The summed E-state index contributed by atoms with van der Waals surface area (Å²) in [5.41, 5.74) is 0.180. The lowest BCUT2D eigenvalue weighted by molar-refractivity contribution is -0.276. The SMILES string of the molecule is Fc1cc(CBr)cc(F)c1OC(F)(F)F. The average Bonchev–Trinajstić information content (AvgIpc) is 2.09. The fraction of sp³-hybridized carbons (Fsp3) is 0.250. The van der Waals surface area contributed by atoms with Gasteiger partial charge in [-0.3, -0.25) is 0 Å². The average molecular weight is 291 g/mol.